The van der Waals surface area contributed by atoms with Crippen molar-refractivity contribution in [2.24, 2.45) is 16.1 Å². The van der Waals surface area contributed by atoms with Crippen molar-refractivity contribution >= 4 is 5.84 Å². The van der Waals surface area contributed by atoms with Crippen molar-refractivity contribution in [3.8, 4) is 6.07 Å². The number of hydrogen-bond acceptors (Lipinski definition) is 3. The molecule has 0 aromatic heterocycles. The Morgan fingerprint density at radius 3 is 2.93 bits per heavy atom. The average Bonchev–Trinajstić information content (AvgIpc) is 2.56. The highest BCUT2D eigenvalue weighted by Gasteiger charge is 2.36. The molecule has 1 atom stereocenters. The quantitative estimate of drug-likeness (QED) is 0.691. The summed E-state index contributed by atoms with van der Waals surface area (Å²) in [5.74, 6) is 0.532. The molecule has 0 aliphatic carbocycles. The highest BCUT2D eigenvalue weighted by molar-refractivity contribution is 5.90. The Labute approximate surface area is 85.3 Å². The Bertz CT molecular complexity index is 285. The van der Waals surface area contributed by atoms with Gasteiger partial charge in [-0.15, -0.1) is 0 Å². The van der Waals surface area contributed by atoms with Crippen molar-refractivity contribution in [2.75, 3.05) is 6.54 Å². The van der Waals surface area contributed by atoms with Gasteiger partial charge in [0.15, 0.2) is 0 Å². The largest absolute Gasteiger partial charge is 0.386 e. The fraction of sp³-hybridized carbons (Fsp3) is 0.636. The summed E-state index contributed by atoms with van der Waals surface area (Å²) in [6.07, 6.45) is 7.78. The van der Waals surface area contributed by atoms with Crippen molar-refractivity contribution in [3.05, 3.63) is 12.2 Å². The number of nitrogens with two attached hydrogens (primary N) is 1. The minimum absolute atomic E-state index is 0.474. The van der Waals surface area contributed by atoms with Crippen LogP contribution in [-0.4, -0.2) is 12.4 Å². The van der Waals surface area contributed by atoms with E-state index in [4.69, 9.17) is 11.0 Å². The van der Waals surface area contributed by atoms with Crippen LogP contribution in [0.4, 0.5) is 0 Å². The number of nitriles is 1. The third kappa shape index (κ3) is 2.14. The third-order valence-corrected chi connectivity index (χ3v) is 2.67. The van der Waals surface area contributed by atoms with Gasteiger partial charge in [0.05, 0.1) is 6.07 Å². The molecule has 1 aliphatic rings. The maximum absolute atomic E-state index is 9.11. The predicted octanol–water partition coefficient (Wildman–Crippen LogP) is 2.00. The van der Waals surface area contributed by atoms with Crippen LogP contribution >= 0.6 is 0 Å². The van der Waals surface area contributed by atoms with Crippen LogP contribution in [0.5, 0.6) is 0 Å². The molecule has 0 radical (unpaired) electrons. The summed E-state index contributed by atoms with van der Waals surface area (Å²) in [7, 11) is 0. The second-order valence-electron chi connectivity index (χ2n) is 3.63. The van der Waals surface area contributed by atoms with Crippen LogP contribution < -0.4 is 5.73 Å². The maximum Gasteiger partial charge on any atom is 0.116 e. The molecule has 14 heavy (non-hydrogen) atoms. The number of aliphatic imine (C=N–C) groups is 1. The fourth-order valence-electron chi connectivity index (χ4n) is 1.68. The molecule has 0 aromatic carbocycles. The highest BCUT2D eigenvalue weighted by atomic mass is 14.9. The normalized spacial score (nSPS) is 26.4. The first kappa shape index (κ1) is 10.8. The van der Waals surface area contributed by atoms with Crippen molar-refractivity contribution < 1.29 is 0 Å². The molecular weight excluding hydrogens is 174 g/mol. The van der Waals surface area contributed by atoms with E-state index in [2.05, 4.69) is 30.1 Å². The Kier molecular flexibility index (Phi) is 3.70. The minimum atomic E-state index is -0.474. The average molecular weight is 191 g/mol. The summed E-state index contributed by atoms with van der Waals surface area (Å²) in [5, 5.41) is 9.11. The highest BCUT2D eigenvalue weighted by Crippen LogP contribution is 2.32. The second kappa shape index (κ2) is 4.80. The molecule has 1 aliphatic heterocycles. The van der Waals surface area contributed by atoms with E-state index in [9.17, 15) is 0 Å². The maximum atomic E-state index is 9.11. The van der Waals surface area contributed by atoms with Crippen molar-refractivity contribution in [1.82, 2.24) is 0 Å². The summed E-state index contributed by atoms with van der Waals surface area (Å²) in [6, 6.07) is 2.31. The summed E-state index contributed by atoms with van der Waals surface area (Å²) in [4.78, 5) is 4.11. The van der Waals surface area contributed by atoms with Gasteiger partial charge in [0.1, 0.15) is 11.3 Å². The molecule has 1 unspecified atom stereocenters. The van der Waals surface area contributed by atoms with Crippen LogP contribution in [0, 0.1) is 16.7 Å². The van der Waals surface area contributed by atoms with E-state index < -0.39 is 5.41 Å². The molecule has 0 aromatic rings. The first-order chi connectivity index (χ1) is 6.75. The van der Waals surface area contributed by atoms with Gasteiger partial charge in [0.25, 0.3) is 0 Å². The monoisotopic (exact) mass is 191 g/mol. The fourth-order valence-corrected chi connectivity index (χ4v) is 1.68. The van der Waals surface area contributed by atoms with Crippen molar-refractivity contribution in [1.29, 1.82) is 5.26 Å². The molecule has 0 saturated heterocycles. The van der Waals surface area contributed by atoms with E-state index in [1.807, 2.05) is 0 Å². The van der Waals surface area contributed by atoms with Gasteiger partial charge in [-0.25, -0.2) is 0 Å². The van der Waals surface area contributed by atoms with Crippen LogP contribution in [0.1, 0.15) is 32.6 Å². The summed E-state index contributed by atoms with van der Waals surface area (Å²) in [5.41, 5.74) is 5.27. The second-order valence-corrected chi connectivity index (χ2v) is 3.63. The minimum Gasteiger partial charge on any atom is -0.386 e. The van der Waals surface area contributed by atoms with E-state index in [1.165, 1.54) is 0 Å². The molecule has 0 bridgehead atoms. The van der Waals surface area contributed by atoms with Crippen LogP contribution in [-0.2, 0) is 0 Å². The van der Waals surface area contributed by atoms with Gasteiger partial charge in [0.2, 0.25) is 0 Å². The molecule has 0 spiro atoms. The van der Waals surface area contributed by atoms with Crippen LogP contribution in [0.25, 0.3) is 0 Å². The topological polar surface area (TPSA) is 62.2 Å². The molecule has 76 valence electrons. The van der Waals surface area contributed by atoms with Gasteiger partial charge in [-0.1, -0.05) is 19.1 Å². The smallest absolute Gasteiger partial charge is 0.116 e. The number of rotatable bonds is 4. The third-order valence-electron chi connectivity index (χ3n) is 2.67. The molecule has 0 amide bonds. The van der Waals surface area contributed by atoms with Crippen LogP contribution in [0.3, 0.4) is 0 Å². The number of amidine groups is 1. The van der Waals surface area contributed by atoms with Gasteiger partial charge >= 0.3 is 0 Å². The van der Waals surface area contributed by atoms with E-state index >= 15 is 0 Å². The summed E-state index contributed by atoms with van der Waals surface area (Å²) < 4.78 is 0. The summed E-state index contributed by atoms with van der Waals surface area (Å²) in [6.45, 7) is 2.80. The van der Waals surface area contributed by atoms with Gasteiger partial charge in [0, 0.05) is 6.54 Å². The molecule has 2 N–H and O–H groups in total. The number of hydrogen-bond donors (Lipinski definition) is 1. The van der Waals surface area contributed by atoms with E-state index in [0.29, 0.717) is 12.4 Å². The zero-order valence-corrected chi connectivity index (χ0v) is 8.66. The standard InChI is InChI=1S/C11H17N3/c1-2-3-4-5-6-11(9-12)7-8-14-10(11)13/h3-4H,2,5-8H2,1H3,(H2,13,14). The number of allylic oxidation sites excluding steroid dienone is 2. The molecule has 0 saturated carbocycles. The van der Waals surface area contributed by atoms with Gasteiger partial charge < -0.3 is 5.73 Å². The zero-order valence-electron chi connectivity index (χ0n) is 8.66. The van der Waals surface area contributed by atoms with Gasteiger partial charge in [-0.3, -0.25) is 4.99 Å². The molecule has 0 fully saturated rings. The van der Waals surface area contributed by atoms with E-state index in [1.54, 1.807) is 0 Å². The van der Waals surface area contributed by atoms with Crippen molar-refractivity contribution in [3.63, 3.8) is 0 Å². The lowest BCUT2D eigenvalue weighted by Gasteiger charge is -2.18. The molecule has 3 nitrogen and oxygen atoms in total. The predicted molar refractivity (Wildman–Crippen MR) is 57.8 cm³/mol. The van der Waals surface area contributed by atoms with Gasteiger partial charge in [-0.2, -0.15) is 5.26 Å². The Morgan fingerprint density at radius 1 is 1.64 bits per heavy atom. The molecular formula is C11H17N3. The Balaban J connectivity index is 2.52. The zero-order chi connectivity index (χ0) is 10.4. The summed E-state index contributed by atoms with van der Waals surface area (Å²) >= 11 is 0. The van der Waals surface area contributed by atoms with E-state index in [0.717, 1.165) is 25.7 Å². The molecule has 3 heteroatoms. The lowest BCUT2D eigenvalue weighted by molar-refractivity contribution is 0.498. The van der Waals surface area contributed by atoms with Crippen LogP contribution in [0.15, 0.2) is 17.1 Å². The number of nitrogens with zero attached hydrogens (tertiary/aromatic N) is 2. The molecule has 1 rings (SSSR count). The molecule has 1 heterocycles. The van der Waals surface area contributed by atoms with Crippen LogP contribution in [0.2, 0.25) is 0 Å². The Hall–Kier alpha value is -1.30. The lowest BCUT2D eigenvalue weighted by atomic mass is 9.82. The first-order valence-electron chi connectivity index (χ1n) is 5.12. The van der Waals surface area contributed by atoms with Gasteiger partial charge in [-0.05, 0) is 25.7 Å². The SMILES string of the molecule is CCC=CCCC1(C#N)CCN=C1N. The Morgan fingerprint density at radius 2 is 2.43 bits per heavy atom. The van der Waals surface area contributed by atoms with Crippen molar-refractivity contribution in [2.45, 2.75) is 32.6 Å². The lowest BCUT2D eigenvalue weighted by Crippen LogP contribution is -2.32. The first-order valence-corrected chi connectivity index (χ1v) is 5.12. The van der Waals surface area contributed by atoms with E-state index in [-0.39, 0.29) is 0 Å².